The van der Waals surface area contributed by atoms with Crippen LogP contribution in [0.2, 0.25) is 0 Å². The van der Waals surface area contributed by atoms with Crippen LogP contribution in [-0.2, 0) is 4.74 Å². The van der Waals surface area contributed by atoms with Crippen LogP contribution in [0.25, 0.3) is 4.85 Å². The molecule has 32 heavy (non-hydrogen) atoms. The van der Waals surface area contributed by atoms with Crippen LogP contribution in [0.15, 0.2) is 24.5 Å². The molecule has 0 aliphatic carbocycles. The van der Waals surface area contributed by atoms with E-state index in [0.29, 0.717) is 37.0 Å². The molecule has 0 bridgehead atoms. The molecule has 0 spiro atoms. The Bertz CT molecular complexity index is 1030. The van der Waals surface area contributed by atoms with E-state index in [1.165, 1.54) is 0 Å². The van der Waals surface area contributed by atoms with E-state index in [2.05, 4.69) is 25.0 Å². The zero-order valence-electron chi connectivity index (χ0n) is 18.7. The zero-order valence-corrected chi connectivity index (χ0v) is 18.7. The Morgan fingerprint density at radius 3 is 2.75 bits per heavy atom. The predicted octanol–water partition coefficient (Wildman–Crippen LogP) is 4.29. The van der Waals surface area contributed by atoms with Crippen molar-refractivity contribution in [2.45, 2.75) is 45.8 Å². The molecule has 3 heterocycles. The molecule has 2 aromatic rings. The van der Waals surface area contributed by atoms with Gasteiger partial charge in [-0.15, -0.1) is 0 Å². The van der Waals surface area contributed by atoms with Gasteiger partial charge in [-0.05, 0) is 45.2 Å². The number of carbonyl (C=O) groups is 1. The molecule has 1 amide bonds. The molecule has 9 heteroatoms. The maximum absolute atomic E-state index is 12.2. The Balaban J connectivity index is 1.49. The summed E-state index contributed by atoms with van der Waals surface area (Å²) < 4.78 is 11.3. The minimum atomic E-state index is -0.241. The zero-order chi connectivity index (χ0) is 22.7. The number of hydrogen-bond acceptors (Lipinski definition) is 7. The van der Waals surface area contributed by atoms with E-state index in [-0.39, 0.29) is 18.2 Å². The van der Waals surface area contributed by atoms with Gasteiger partial charge in [-0.1, -0.05) is 12.1 Å². The van der Waals surface area contributed by atoms with Gasteiger partial charge in [-0.2, -0.15) is 0 Å². The molecule has 0 saturated carbocycles. The lowest BCUT2D eigenvalue weighted by molar-refractivity contribution is 0.0687. The summed E-state index contributed by atoms with van der Waals surface area (Å²) >= 11 is 0. The van der Waals surface area contributed by atoms with Gasteiger partial charge in [0.05, 0.1) is 19.2 Å². The summed E-state index contributed by atoms with van der Waals surface area (Å²) in [7, 11) is 0. The normalized spacial score (nSPS) is 16.2. The van der Waals surface area contributed by atoms with Gasteiger partial charge in [-0.25, -0.2) is 19.6 Å². The van der Waals surface area contributed by atoms with Crippen LogP contribution in [0.4, 0.5) is 27.8 Å². The third-order valence-electron chi connectivity index (χ3n) is 5.73. The number of nitrogens with zero attached hydrogens (tertiary/aromatic N) is 5. The number of benzene rings is 1. The molecule has 0 atom stereocenters. The lowest BCUT2D eigenvalue weighted by atomic mass is 10.0. The van der Waals surface area contributed by atoms with Gasteiger partial charge in [0, 0.05) is 24.8 Å². The van der Waals surface area contributed by atoms with E-state index in [9.17, 15) is 4.79 Å². The lowest BCUT2D eigenvalue weighted by Crippen LogP contribution is -2.49. The summed E-state index contributed by atoms with van der Waals surface area (Å²) in [5.74, 6) is 2.01. The van der Waals surface area contributed by atoms with Crippen molar-refractivity contribution >= 4 is 29.1 Å². The van der Waals surface area contributed by atoms with Crippen LogP contribution in [0.1, 0.15) is 32.3 Å². The fourth-order valence-corrected chi connectivity index (χ4v) is 4.12. The fourth-order valence-electron chi connectivity index (χ4n) is 4.12. The third-order valence-corrected chi connectivity index (χ3v) is 5.73. The van der Waals surface area contributed by atoms with Crippen LogP contribution in [0, 0.1) is 13.5 Å². The van der Waals surface area contributed by atoms with Gasteiger partial charge in [0.2, 0.25) is 5.75 Å². The van der Waals surface area contributed by atoms with E-state index >= 15 is 0 Å². The average molecular weight is 437 g/mol. The Kier molecular flexibility index (Phi) is 6.30. The fraction of sp³-hybridized carbons (Fsp3) is 0.478. The first-order chi connectivity index (χ1) is 15.5. The van der Waals surface area contributed by atoms with Crippen LogP contribution >= 0.6 is 0 Å². The number of anilines is 3. The first-order valence-corrected chi connectivity index (χ1v) is 10.9. The lowest BCUT2D eigenvalue weighted by Gasteiger charge is -2.41. The Labute approximate surface area is 188 Å². The van der Waals surface area contributed by atoms with E-state index in [1.54, 1.807) is 17.3 Å². The summed E-state index contributed by atoms with van der Waals surface area (Å²) in [6.45, 7) is 15.4. The van der Waals surface area contributed by atoms with Gasteiger partial charge in [0.15, 0.2) is 17.3 Å². The van der Waals surface area contributed by atoms with Gasteiger partial charge in [0.25, 0.3) is 0 Å². The van der Waals surface area contributed by atoms with Crippen molar-refractivity contribution in [2.75, 3.05) is 36.5 Å². The van der Waals surface area contributed by atoms with Crippen molar-refractivity contribution in [2.24, 2.45) is 0 Å². The highest BCUT2D eigenvalue weighted by Crippen LogP contribution is 2.39. The summed E-state index contributed by atoms with van der Waals surface area (Å²) in [5, 5.41) is 3.34. The van der Waals surface area contributed by atoms with Crippen molar-refractivity contribution in [1.29, 1.82) is 0 Å². The van der Waals surface area contributed by atoms with Crippen LogP contribution < -0.4 is 15.0 Å². The summed E-state index contributed by atoms with van der Waals surface area (Å²) in [5.41, 5.74) is 2.43. The summed E-state index contributed by atoms with van der Waals surface area (Å²) in [6, 6.07) is 5.77. The smallest absolute Gasteiger partial charge is 0.410 e. The Hall–Kier alpha value is -3.54. The highest BCUT2D eigenvalue weighted by atomic mass is 16.6. The second kappa shape index (κ2) is 9.30. The van der Waals surface area contributed by atoms with Crippen molar-refractivity contribution in [3.05, 3.63) is 41.5 Å². The minimum absolute atomic E-state index is 0.116. The Morgan fingerprint density at radius 1 is 1.28 bits per heavy atom. The van der Waals surface area contributed by atoms with Crippen LogP contribution in [-0.4, -0.2) is 59.3 Å². The summed E-state index contributed by atoms with van der Waals surface area (Å²) in [6.07, 6.45) is 2.87. The van der Waals surface area contributed by atoms with Gasteiger partial charge >= 0.3 is 6.09 Å². The number of piperidine rings is 1. The molecule has 9 nitrogen and oxygen atoms in total. The van der Waals surface area contributed by atoms with Crippen molar-refractivity contribution in [1.82, 2.24) is 14.9 Å². The molecule has 1 aromatic heterocycles. The SMILES string of the molecule is [C-]#[N+]c1ccc(Nc2ncnc3c2OCCN3C2CCN(C(=O)OC(C)C)CC2)c(C)c1. The molecule has 2 aliphatic rings. The van der Waals surface area contributed by atoms with Crippen LogP contribution in [0.5, 0.6) is 5.75 Å². The number of likely N-dealkylation sites (tertiary alicyclic amines) is 1. The van der Waals surface area contributed by atoms with Crippen molar-refractivity contribution in [3.8, 4) is 5.75 Å². The highest BCUT2D eigenvalue weighted by molar-refractivity contribution is 5.73. The van der Waals surface area contributed by atoms with E-state index in [1.807, 2.05) is 32.9 Å². The molecule has 2 aliphatic heterocycles. The van der Waals surface area contributed by atoms with E-state index in [0.717, 1.165) is 36.5 Å². The standard InChI is InChI=1S/C23H28N6O3/c1-15(2)32-23(30)28-9-7-18(8-10-28)29-11-12-31-20-21(25-14-26-22(20)29)27-19-6-5-17(24-4)13-16(19)3/h5-6,13-15,18H,7-12H2,1-3H3,(H,25,26,27). The molecular weight excluding hydrogens is 408 g/mol. The first kappa shape index (κ1) is 21.7. The van der Waals surface area contributed by atoms with Crippen molar-refractivity contribution < 1.29 is 14.3 Å². The summed E-state index contributed by atoms with van der Waals surface area (Å²) in [4.78, 5) is 28.7. The highest BCUT2D eigenvalue weighted by Gasteiger charge is 2.33. The Morgan fingerprint density at radius 2 is 2.06 bits per heavy atom. The number of carbonyl (C=O) groups excluding carboxylic acids is 1. The molecular formula is C23H28N6O3. The van der Waals surface area contributed by atoms with E-state index < -0.39 is 0 Å². The molecule has 0 unspecified atom stereocenters. The van der Waals surface area contributed by atoms with Crippen molar-refractivity contribution in [3.63, 3.8) is 0 Å². The van der Waals surface area contributed by atoms with Gasteiger partial charge in [0.1, 0.15) is 12.9 Å². The second-order valence-corrected chi connectivity index (χ2v) is 8.30. The number of fused-ring (bicyclic) bond motifs is 1. The molecule has 4 rings (SSSR count). The number of amides is 1. The monoisotopic (exact) mass is 436 g/mol. The predicted molar refractivity (Wildman–Crippen MR) is 122 cm³/mol. The maximum atomic E-state index is 12.2. The van der Waals surface area contributed by atoms with Gasteiger partial charge < -0.3 is 24.6 Å². The molecule has 1 N–H and O–H groups in total. The number of ether oxygens (including phenoxy) is 2. The quantitative estimate of drug-likeness (QED) is 0.716. The molecule has 168 valence electrons. The number of hydrogen-bond donors (Lipinski definition) is 1. The number of aromatic nitrogens is 2. The number of nitrogens with one attached hydrogen (secondary N) is 1. The van der Waals surface area contributed by atoms with E-state index in [4.69, 9.17) is 16.0 Å². The van der Waals surface area contributed by atoms with Crippen LogP contribution in [0.3, 0.4) is 0 Å². The number of rotatable bonds is 4. The first-order valence-electron chi connectivity index (χ1n) is 10.9. The van der Waals surface area contributed by atoms with Gasteiger partial charge in [-0.3, -0.25) is 0 Å². The number of aryl methyl sites for hydroxylation is 1. The molecule has 1 fully saturated rings. The second-order valence-electron chi connectivity index (χ2n) is 8.30. The largest absolute Gasteiger partial charge is 0.485 e. The third kappa shape index (κ3) is 4.54. The minimum Gasteiger partial charge on any atom is -0.485 e. The molecule has 0 radical (unpaired) electrons. The molecule has 1 aromatic carbocycles. The topological polar surface area (TPSA) is 84.2 Å². The molecule has 1 saturated heterocycles. The average Bonchev–Trinajstić information content (AvgIpc) is 2.80. The maximum Gasteiger partial charge on any atom is 0.410 e.